The van der Waals surface area contributed by atoms with E-state index >= 15 is 0 Å². The second-order valence-corrected chi connectivity index (χ2v) is 4.91. The summed E-state index contributed by atoms with van der Waals surface area (Å²) in [7, 11) is 0. The number of carboxylic acids is 1. The first kappa shape index (κ1) is 13.3. The van der Waals surface area contributed by atoms with Crippen LogP contribution in [-0.2, 0) is 11.2 Å². The molecule has 0 aliphatic rings. The van der Waals surface area contributed by atoms with Crippen LogP contribution in [0.1, 0.15) is 23.1 Å². The van der Waals surface area contributed by atoms with Crippen LogP contribution >= 0.6 is 0 Å². The second-order valence-electron chi connectivity index (χ2n) is 4.91. The SMILES string of the molecule is Cc1ccc(-c2cc(CCC(=O)O)ccc2C)cc1. The Balaban J connectivity index is 2.31. The summed E-state index contributed by atoms with van der Waals surface area (Å²) >= 11 is 0. The first-order valence-corrected chi connectivity index (χ1v) is 6.44. The van der Waals surface area contributed by atoms with Crippen molar-refractivity contribution in [3.8, 4) is 11.1 Å². The molecule has 0 spiro atoms. The van der Waals surface area contributed by atoms with Crippen LogP contribution in [0.3, 0.4) is 0 Å². The van der Waals surface area contributed by atoms with Gasteiger partial charge in [-0.2, -0.15) is 0 Å². The van der Waals surface area contributed by atoms with Crippen LogP contribution in [0.4, 0.5) is 0 Å². The lowest BCUT2D eigenvalue weighted by Crippen LogP contribution is -1.98. The second kappa shape index (κ2) is 5.70. The third-order valence-corrected chi connectivity index (χ3v) is 3.29. The topological polar surface area (TPSA) is 37.3 Å². The Bertz CT molecular complexity index is 583. The molecule has 0 heterocycles. The van der Waals surface area contributed by atoms with Crippen LogP contribution in [-0.4, -0.2) is 11.1 Å². The first-order valence-electron chi connectivity index (χ1n) is 6.44. The average molecular weight is 254 g/mol. The van der Waals surface area contributed by atoms with Gasteiger partial charge in [-0.1, -0.05) is 48.0 Å². The van der Waals surface area contributed by atoms with Gasteiger partial charge in [0.25, 0.3) is 0 Å². The van der Waals surface area contributed by atoms with Gasteiger partial charge in [-0.25, -0.2) is 0 Å². The molecule has 1 N–H and O–H groups in total. The van der Waals surface area contributed by atoms with Gasteiger partial charge in [-0.15, -0.1) is 0 Å². The summed E-state index contributed by atoms with van der Waals surface area (Å²) in [4.78, 5) is 10.6. The van der Waals surface area contributed by atoms with E-state index in [1.807, 2.05) is 6.07 Å². The molecule has 0 unspecified atom stereocenters. The Morgan fingerprint density at radius 1 is 1.05 bits per heavy atom. The maximum atomic E-state index is 10.6. The fourth-order valence-electron chi connectivity index (χ4n) is 2.12. The van der Waals surface area contributed by atoms with E-state index in [0.717, 1.165) is 5.56 Å². The zero-order chi connectivity index (χ0) is 13.8. The molecule has 2 aromatic carbocycles. The van der Waals surface area contributed by atoms with Crippen molar-refractivity contribution in [1.82, 2.24) is 0 Å². The van der Waals surface area contributed by atoms with E-state index in [9.17, 15) is 4.79 Å². The fraction of sp³-hybridized carbons (Fsp3) is 0.235. The molecule has 98 valence electrons. The molecule has 2 aromatic rings. The Hall–Kier alpha value is -2.09. The average Bonchev–Trinajstić information content (AvgIpc) is 2.39. The van der Waals surface area contributed by atoms with Crippen LogP contribution in [0.2, 0.25) is 0 Å². The summed E-state index contributed by atoms with van der Waals surface area (Å²) in [5.74, 6) is -0.752. The number of hydrogen-bond acceptors (Lipinski definition) is 1. The zero-order valence-corrected chi connectivity index (χ0v) is 11.3. The minimum absolute atomic E-state index is 0.177. The Morgan fingerprint density at radius 2 is 1.74 bits per heavy atom. The van der Waals surface area contributed by atoms with Gasteiger partial charge in [-0.3, -0.25) is 4.79 Å². The van der Waals surface area contributed by atoms with E-state index in [0.29, 0.717) is 6.42 Å². The van der Waals surface area contributed by atoms with Crippen molar-refractivity contribution in [1.29, 1.82) is 0 Å². The highest BCUT2D eigenvalue weighted by atomic mass is 16.4. The molecule has 0 saturated heterocycles. The van der Waals surface area contributed by atoms with Crippen LogP contribution < -0.4 is 0 Å². The molecule has 19 heavy (non-hydrogen) atoms. The number of carboxylic acid groups (broad SMARTS) is 1. The lowest BCUT2D eigenvalue weighted by molar-refractivity contribution is -0.136. The van der Waals surface area contributed by atoms with Gasteiger partial charge in [0, 0.05) is 6.42 Å². The highest BCUT2D eigenvalue weighted by Crippen LogP contribution is 2.25. The number of carbonyl (C=O) groups is 1. The molecule has 0 fully saturated rings. The minimum atomic E-state index is -0.752. The number of aryl methyl sites for hydroxylation is 3. The van der Waals surface area contributed by atoms with Crippen molar-refractivity contribution in [2.24, 2.45) is 0 Å². The van der Waals surface area contributed by atoms with Gasteiger partial charge < -0.3 is 5.11 Å². The van der Waals surface area contributed by atoms with Crippen molar-refractivity contribution in [3.63, 3.8) is 0 Å². The summed E-state index contributed by atoms with van der Waals surface area (Å²) in [5.41, 5.74) is 5.89. The lowest BCUT2D eigenvalue weighted by Gasteiger charge is -2.09. The molecule has 0 radical (unpaired) electrons. The van der Waals surface area contributed by atoms with Gasteiger partial charge in [0.15, 0.2) is 0 Å². The van der Waals surface area contributed by atoms with Gasteiger partial charge in [-0.05, 0) is 42.5 Å². The smallest absolute Gasteiger partial charge is 0.303 e. The van der Waals surface area contributed by atoms with Crippen molar-refractivity contribution in [2.75, 3.05) is 0 Å². The summed E-state index contributed by atoms with van der Waals surface area (Å²) in [6.07, 6.45) is 0.755. The number of rotatable bonds is 4. The predicted octanol–water partition coefficient (Wildman–Crippen LogP) is 3.99. The standard InChI is InChI=1S/C17H18O2/c1-12-3-8-15(9-4-12)16-11-14(6-5-13(16)2)7-10-17(18)19/h3-6,8-9,11H,7,10H2,1-2H3,(H,18,19). The van der Waals surface area contributed by atoms with Crippen molar-refractivity contribution < 1.29 is 9.90 Å². The molecule has 0 bridgehead atoms. The monoisotopic (exact) mass is 254 g/mol. The Kier molecular flexibility index (Phi) is 4.00. The van der Waals surface area contributed by atoms with Crippen molar-refractivity contribution in [2.45, 2.75) is 26.7 Å². The Labute approximate surface area is 113 Å². The molecule has 2 nitrogen and oxygen atoms in total. The summed E-state index contributed by atoms with van der Waals surface area (Å²) in [5, 5.41) is 8.75. The quantitative estimate of drug-likeness (QED) is 0.895. The van der Waals surface area contributed by atoms with E-state index in [-0.39, 0.29) is 6.42 Å². The number of benzene rings is 2. The molecule has 2 heteroatoms. The van der Waals surface area contributed by atoms with E-state index in [2.05, 4.69) is 50.2 Å². The highest BCUT2D eigenvalue weighted by molar-refractivity contribution is 5.69. The number of aliphatic carboxylic acids is 1. The molecule has 0 amide bonds. The summed E-state index contributed by atoms with van der Waals surface area (Å²) in [6, 6.07) is 14.6. The molecule has 0 aromatic heterocycles. The lowest BCUT2D eigenvalue weighted by atomic mass is 9.96. The largest absolute Gasteiger partial charge is 0.481 e. The Morgan fingerprint density at radius 3 is 2.37 bits per heavy atom. The van der Waals surface area contributed by atoms with Crippen LogP contribution in [0.15, 0.2) is 42.5 Å². The fourth-order valence-corrected chi connectivity index (χ4v) is 2.12. The normalized spacial score (nSPS) is 10.4. The zero-order valence-electron chi connectivity index (χ0n) is 11.3. The first-order chi connectivity index (χ1) is 9.06. The van der Waals surface area contributed by atoms with Gasteiger partial charge in [0.2, 0.25) is 0 Å². The van der Waals surface area contributed by atoms with Crippen LogP contribution in [0, 0.1) is 13.8 Å². The van der Waals surface area contributed by atoms with Gasteiger partial charge in [0.1, 0.15) is 0 Å². The van der Waals surface area contributed by atoms with Gasteiger partial charge in [0.05, 0.1) is 0 Å². The van der Waals surface area contributed by atoms with E-state index in [4.69, 9.17) is 5.11 Å². The molecule has 0 aliphatic carbocycles. The third-order valence-electron chi connectivity index (χ3n) is 3.29. The maximum absolute atomic E-state index is 10.6. The molecular weight excluding hydrogens is 236 g/mol. The van der Waals surface area contributed by atoms with Crippen LogP contribution in [0.5, 0.6) is 0 Å². The molecule has 0 saturated carbocycles. The molecule has 2 rings (SSSR count). The van der Waals surface area contributed by atoms with Crippen molar-refractivity contribution >= 4 is 5.97 Å². The maximum Gasteiger partial charge on any atom is 0.303 e. The van der Waals surface area contributed by atoms with Crippen molar-refractivity contribution in [3.05, 3.63) is 59.2 Å². The predicted molar refractivity (Wildman–Crippen MR) is 77.3 cm³/mol. The summed E-state index contributed by atoms with van der Waals surface area (Å²) < 4.78 is 0. The third kappa shape index (κ3) is 3.44. The van der Waals surface area contributed by atoms with E-state index in [1.165, 1.54) is 22.3 Å². The van der Waals surface area contributed by atoms with Crippen LogP contribution in [0.25, 0.3) is 11.1 Å². The minimum Gasteiger partial charge on any atom is -0.481 e. The molecular formula is C17H18O2. The van der Waals surface area contributed by atoms with E-state index in [1.54, 1.807) is 0 Å². The van der Waals surface area contributed by atoms with E-state index < -0.39 is 5.97 Å². The van der Waals surface area contributed by atoms with Gasteiger partial charge >= 0.3 is 5.97 Å². The number of hydrogen-bond donors (Lipinski definition) is 1. The molecule has 0 aliphatic heterocycles. The highest BCUT2D eigenvalue weighted by Gasteiger charge is 2.05. The summed E-state index contributed by atoms with van der Waals surface area (Å²) in [6.45, 7) is 4.15. The molecule has 0 atom stereocenters.